The largest absolute Gasteiger partial charge is 0.422 e. The van der Waals surface area contributed by atoms with E-state index in [1.54, 1.807) is 30.3 Å². The zero-order chi connectivity index (χ0) is 23.2. The first kappa shape index (κ1) is 22.4. The maximum absolute atomic E-state index is 12.5. The molecule has 1 N–H and O–H groups in total. The number of fused-ring (bicyclic) bond motifs is 1. The summed E-state index contributed by atoms with van der Waals surface area (Å²) in [5.41, 5.74) is 5.55. The number of carbonyl (C=O) groups excluding carboxylic acids is 2. The second kappa shape index (κ2) is 10.2. The lowest BCUT2D eigenvalue weighted by Crippen LogP contribution is -2.20. The molecule has 0 spiro atoms. The molecule has 33 heavy (non-hydrogen) atoms. The molecule has 0 unspecified atom stereocenters. The average molecular weight is 501 g/mol. The lowest BCUT2D eigenvalue weighted by atomic mass is 10.0. The summed E-state index contributed by atoms with van der Waals surface area (Å²) in [6.07, 6.45) is 1.66. The van der Waals surface area contributed by atoms with Crippen LogP contribution in [0.1, 0.15) is 27.0 Å². The van der Waals surface area contributed by atoms with E-state index in [1.165, 1.54) is 6.21 Å². The van der Waals surface area contributed by atoms with Gasteiger partial charge in [-0.05, 0) is 53.6 Å². The van der Waals surface area contributed by atoms with E-state index in [0.29, 0.717) is 16.9 Å². The first-order valence-electron chi connectivity index (χ1n) is 10.4. The lowest BCUT2D eigenvalue weighted by Gasteiger charge is -2.08. The fourth-order valence-electron chi connectivity index (χ4n) is 3.39. The highest BCUT2D eigenvalue weighted by molar-refractivity contribution is 9.10. The average Bonchev–Trinajstić information content (AvgIpc) is 2.81. The number of hydrogen-bond acceptors (Lipinski definition) is 4. The molecule has 0 aliphatic rings. The molecular weight excluding hydrogens is 480 g/mol. The molecule has 6 heteroatoms. The molecule has 0 saturated carbocycles. The van der Waals surface area contributed by atoms with Gasteiger partial charge in [-0.15, -0.1) is 0 Å². The van der Waals surface area contributed by atoms with Gasteiger partial charge in [-0.25, -0.2) is 10.2 Å². The topological polar surface area (TPSA) is 67.8 Å². The Bertz CT molecular complexity index is 1340. The van der Waals surface area contributed by atoms with Crippen LogP contribution in [-0.4, -0.2) is 18.1 Å². The number of aryl methyl sites for hydroxylation is 1. The van der Waals surface area contributed by atoms with Crippen LogP contribution in [0.3, 0.4) is 0 Å². The molecule has 0 aliphatic carbocycles. The van der Waals surface area contributed by atoms with E-state index < -0.39 is 5.97 Å². The minimum absolute atomic E-state index is 0.201. The third-order valence-electron chi connectivity index (χ3n) is 5.09. The summed E-state index contributed by atoms with van der Waals surface area (Å²) in [7, 11) is 0. The van der Waals surface area contributed by atoms with Crippen LogP contribution in [-0.2, 0) is 11.2 Å². The Labute approximate surface area is 200 Å². The van der Waals surface area contributed by atoms with Crippen LogP contribution < -0.4 is 10.2 Å². The van der Waals surface area contributed by atoms with Crippen LogP contribution in [0.4, 0.5) is 0 Å². The van der Waals surface area contributed by atoms with Crippen molar-refractivity contribution < 1.29 is 14.3 Å². The van der Waals surface area contributed by atoms with E-state index >= 15 is 0 Å². The highest BCUT2D eigenvalue weighted by atomic mass is 79.9. The fraction of sp³-hybridized carbons (Fsp3) is 0.0741. The van der Waals surface area contributed by atoms with E-state index in [9.17, 15) is 9.59 Å². The van der Waals surface area contributed by atoms with Gasteiger partial charge in [-0.2, -0.15) is 5.10 Å². The Kier molecular flexibility index (Phi) is 6.95. The summed E-state index contributed by atoms with van der Waals surface area (Å²) in [6, 6.07) is 26.2. The van der Waals surface area contributed by atoms with Crippen LogP contribution in [0.15, 0.2) is 94.5 Å². The molecule has 164 valence electrons. The maximum atomic E-state index is 12.5. The molecule has 0 fully saturated rings. The third kappa shape index (κ3) is 5.73. The third-order valence-corrected chi connectivity index (χ3v) is 5.58. The van der Waals surface area contributed by atoms with E-state index in [1.807, 2.05) is 61.5 Å². The minimum atomic E-state index is -0.466. The predicted molar refractivity (Wildman–Crippen MR) is 134 cm³/mol. The zero-order valence-electron chi connectivity index (χ0n) is 17.9. The van der Waals surface area contributed by atoms with Gasteiger partial charge in [0.25, 0.3) is 0 Å². The van der Waals surface area contributed by atoms with Crippen molar-refractivity contribution in [1.29, 1.82) is 0 Å². The first-order chi connectivity index (χ1) is 16.0. The summed E-state index contributed by atoms with van der Waals surface area (Å²) in [5.74, 6) is -0.362. The smallest absolute Gasteiger partial charge is 0.343 e. The molecule has 4 rings (SSSR count). The van der Waals surface area contributed by atoms with Crippen molar-refractivity contribution in [3.8, 4) is 5.75 Å². The summed E-state index contributed by atoms with van der Waals surface area (Å²) >= 11 is 3.41. The summed E-state index contributed by atoms with van der Waals surface area (Å²) < 4.78 is 6.36. The van der Waals surface area contributed by atoms with E-state index in [2.05, 4.69) is 26.5 Å². The number of benzene rings is 4. The Morgan fingerprint density at radius 1 is 0.970 bits per heavy atom. The van der Waals surface area contributed by atoms with Crippen LogP contribution in [0, 0.1) is 6.92 Å². The van der Waals surface area contributed by atoms with Crippen LogP contribution in [0.5, 0.6) is 5.75 Å². The highest BCUT2D eigenvalue weighted by Gasteiger charge is 2.12. The fourth-order valence-corrected chi connectivity index (χ4v) is 3.77. The standard InChI is InChI=1S/C27H21BrN2O3/c1-18-9-11-20(12-10-18)27(32)33-25-14-13-23(28)15-22(25)17-29-30-26(31)16-21-7-4-6-19-5-2-3-8-24(19)21/h2-15,17H,16H2,1H3,(H,30,31). The molecule has 0 saturated heterocycles. The van der Waals surface area contributed by atoms with Gasteiger partial charge in [0.1, 0.15) is 5.75 Å². The second-order valence-corrected chi connectivity index (χ2v) is 8.46. The molecule has 0 atom stereocenters. The Morgan fingerprint density at radius 3 is 2.55 bits per heavy atom. The summed E-state index contributed by atoms with van der Waals surface area (Å²) in [5, 5.41) is 6.20. The Balaban J connectivity index is 1.45. The van der Waals surface area contributed by atoms with Gasteiger partial charge in [0.2, 0.25) is 5.91 Å². The molecule has 0 aromatic heterocycles. The van der Waals surface area contributed by atoms with Gasteiger partial charge < -0.3 is 4.74 Å². The lowest BCUT2D eigenvalue weighted by molar-refractivity contribution is -0.120. The Morgan fingerprint density at radius 2 is 1.73 bits per heavy atom. The highest BCUT2D eigenvalue weighted by Crippen LogP contribution is 2.23. The molecule has 4 aromatic carbocycles. The number of halogens is 1. The SMILES string of the molecule is Cc1ccc(C(=O)Oc2ccc(Br)cc2C=NNC(=O)Cc2cccc3ccccc23)cc1. The number of ether oxygens (including phenoxy) is 1. The van der Waals surface area contributed by atoms with Gasteiger partial charge in [0, 0.05) is 10.0 Å². The predicted octanol–water partition coefficient (Wildman–Crippen LogP) is 5.82. The van der Waals surface area contributed by atoms with E-state index in [-0.39, 0.29) is 12.3 Å². The summed E-state index contributed by atoms with van der Waals surface area (Å²) in [4.78, 5) is 25.0. The quantitative estimate of drug-likeness (QED) is 0.157. The number of esters is 1. The number of hydrogen-bond donors (Lipinski definition) is 1. The zero-order valence-corrected chi connectivity index (χ0v) is 19.5. The number of nitrogens with zero attached hydrogens (tertiary/aromatic N) is 1. The van der Waals surface area contributed by atoms with Crippen LogP contribution in [0.25, 0.3) is 10.8 Å². The number of amides is 1. The second-order valence-electron chi connectivity index (χ2n) is 7.55. The van der Waals surface area contributed by atoms with Crippen molar-refractivity contribution in [3.05, 3.63) is 112 Å². The summed E-state index contributed by atoms with van der Waals surface area (Å²) in [6.45, 7) is 1.95. The van der Waals surface area contributed by atoms with Crippen molar-refractivity contribution >= 4 is 44.8 Å². The van der Waals surface area contributed by atoms with Gasteiger partial charge in [0.05, 0.1) is 18.2 Å². The number of rotatable bonds is 6. The molecular formula is C27H21BrN2O3. The van der Waals surface area contributed by atoms with Gasteiger partial charge >= 0.3 is 5.97 Å². The monoisotopic (exact) mass is 500 g/mol. The molecule has 0 heterocycles. The maximum Gasteiger partial charge on any atom is 0.343 e. The van der Waals surface area contributed by atoms with E-state index in [0.717, 1.165) is 26.4 Å². The van der Waals surface area contributed by atoms with Crippen molar-refractivity contribution in [3.63, 3.8) is 0 Å². The van der Waals surface area contributed by atoms with Crippen molar-refractivity contribution in [2.45, 2.75) is 13.3 Å². The van der Waals surface area contributed by atoms with Gasteiger partial charge in [-0.3, -0.25) is 4.79 Å². The van der Waals surface area contributed by atoms with Gasteiger partial charge in [0.15, 0.2) is 0 Å². The molecule has 0 bridgehead atoms. The minimum Gasteiger partial charge on any atom is -0.422 e. The number of hydrazone groups is 1. The van der Waals surface area contributed by atoms with Crippen molar-refractivity contribution in [1.82, 2.24) is 5.43 Å². The molecule has 5 nitrogen and oxygen atoms in total. The Hall–Kier alpha value is -3.77. The number of carbonyl (C=O) groups is 2. The van der Waals surface area contributed by atoms with Crippen molar-refractivity contribution in [2.24, 2.45) is 5.10 Å². The number of nitrogens with one attached hydrogen (secondary N) is 1. The molecule has 0 radical (unpaired) electrons. The normalized spacial score (nSPS) is 11.0. The van der Waals surface area contributed by atoms with Crippen molar-refractivity contribution in [2.75, 3.05) is 0 Å². The van der Waals surface area contributed by atoms with Crippen LogP contribution >= 0.6 is 15.9 Å². The van der Waals surface area contributed by atoms with Gasteiger partial charge in [-0.1, -0.05) is 76.1 Å². The van der Waals surface area contributed by atoms with E-state index in [4.69, 9.17) is 4.74 Å². The first-order valence-corrected chi connectivity index (χ1v) is 11.2. The molecule has 0 aliphatic heterocycles. The molecule has 1 amide bonds. The molecule has 4 aromatic rings. The van der Waals surface area contributed by atoms with Crippen LogP contribution in [0.2, 0.25) is 0 Å².